The average molecular weight is 317 g/mol. The first-order valence-corrected chi connectivity index (χ1v) is 7.25. The van der Waals surface area contributed by atoms with Crippen LogP contribution in [0.1, 0.15) is 0 Å². The molecule has 0 saturated carbocycles. The molecule has 0 aliphatic carbocycles. The predicted molar refractivity (Wildman–Crippen MR) is 72.9 cm³/mol. The number of ether oxygens (including phenoxy) is 1. The normalized spacial score (nSPS) is 18.6. The fourth-order valence-electron chi connectivity index (χ4n) is 2.23. The van der Waals surface area contributed by atoms with Crippen molar-refractivity contribution in [2.45, 2.75) is 6.10 Å². The van der Waals surface area contributed by atoms with Crippen LogP contribution in [0.4, 0.5) is 0 Å². The summed E-state index contributed by atoms with van der Waals surface area (Å²) in [7, 11) is 0. The molecular formula is C13H21BrN2O2+2. The second-order valence-electron chi connectivity index (χ2n) is 4.72. The van der Waals surface area contributed by atoms with E-state index in [0.717, 1.165) is 42.9 Å². The highest BCUT2D eigenvalue weighted by atomic mass is 79.9. The molecule has 5 heteroatoms. The van der Waals surface area contributed by atoms with E-state index in [1.54, 1.807) is 0 Å². The second-order valence-corrected chi connectivity index (χ2v) is 5.57. The standard InChI is InChI=1S/C13H19BrN2O2/c14-12-3-1-2-4-13(12)18-10-11(17)9-16-7-5-15-6-8-16/h1-4,11,15,17H,5-10H2/p+2. The van der Waals surface area contributed by atoms with Gasteiger partial charge in [0.1, 0.15) is 51.2 Å². The monoisotopic (exact) mass is 316 g/mol. The van der Waals surface area contributed by atoms with Crippen LogP contribution in [0.2, 0.25) is 0 Å². The Balaban J connectivity index is 1.74. The van der Waals surface area contributed by atoms with Crippen LogP contribution < -0.4 is 15.0 Å². The van der Waals surface area contributed by atoms with Crippen molar-refractivity contribution < 1.29 is 20.1 Å². The van der Waals surface area contributed by atoms with Crippen LogP contribution >= 0.6 is 15.9 Å². The number of nitrogens with one attached hydrogen (secondary N) is 1. The van der Waals surface area contributed by atoms with Gasteiger partial charge in [0.05, 0.1) is 4.47 Å². The van der Waals surface area contributed by atoms with Crippen molar-refractivity contribution in [3.05, 3.63) is 28.7 Å². The van der Waals surface area contributed by atoms with Crippen LogP contribution in [-0.4, -0.2) is 50.5 Å². The molecule has 100 valence electrons. The molecule has 1 aromatic carbocycles. The summed E-state index contributed by atoms with van der Waals surface area (Å²) < 4.78 is 6.55. The van der Waals surface area contributed by atoms with Gasteiger partial charge in [0, 0.05) is 0 Å². The van der Waals surface area contributed by atoms with E-state index in [4.69, 9.17) is 4.74 Å². The first-order valence-electron chi connectivity index (χ1n) is 6.46. The van der Waals surface area contributed by atoms with Crippen LogP contribution in [0.25, 0.3) is 0 Å². The second kappa shape index (κ2) is 7.09. The molecule has 4 nitrogen and oxygen atoms in total. The SMILES string of the molecule is OC(COc1ccccc1Br)C[NH+]1CC[NH2+]CC1. The van der Waals surface area contributed by atoms with Crippen molar-refractivity contribution >= 4 is 15.9 Å². The van der Waals surface area contributed by atoms with Gasteiger partial charge < -0.3 is 20.1 Å². The lowest BCUT2D eigenvalue weighted by atomic mass is 10.3. The summed E-state index contributed by atoms with van der Waals surface area (Å²) in [6.45, 7) is 5.71. The Bertz CT molecular complexity index is 370. The Hall–Kier alpha value is -0.620. The Morgan fingerprint density at radius 3 is 2.78 bits per heavy atom. The number of aliphatic hydroxyl groups excluding tert-OH is 1. The van der Waals surface area contributed by atoms with E-state index >= 15 is 0 Å². The highest BCUT2D eigenvalue weighted by Crippen LogP contribution is 2.23. The highest BCUT2D eigenvalue weighted by Gasteiger charge is 2.19. The molecule has 1 aliphatic rings. The summed E-state index contributed by atoms with van der Waals surface area (Å²) >= 11 is 3.43. The van der Waals surface area contributed by atoms with E-state index in [1.807, 2.05) is 24.3 Å². The summed E-state index contributed by atoms with van der Waals surface area (Å²) in [5, 5.41) is 12.3. The van der Waals surface area contributed by atoms with Crippen molar-refractivity contribution in [1.29, 1.82) is 0 Å². The maximum Gasteiger partial charge on any atom is 0.137 e. The minimum absolute atomic E-state index is 0.357. The number of aliphatic hydroxyl groups is 1. The molecule has 1 unspecified atom stereocenters. The number of quaternary nitrogens is 2. The fourth-order valence-corrected chi connectivity index (χ4v) is 2.62. The number of benzene rings is 1. The van der Waals surface area contributed by atoms with E-state index in [1.165, 1.54) is 4.90 Å². The number of hydrogen-bond donors (Lipinski definition) is 3. The zero-order valence-corrected chi connectivity index (χ0v) is 12.0. The molecule has 1 atom stereocenters. The van der Waals surface area contributed by atoms with Crippen LogP contribution in [0.3, 0.4) is 0 Å². The zero-order valence-electron chi connectivity index (χ0n) is 10.4. The van der Waals surface area contributed by atoms with Crippen LogP contribution in [0.15, 0.2) is 28.7 Å². The summed E-state index contributed by atoms with van der Waals surface area (Å²) in [6.07, 6.45) is -0.398. The van der Waals surface area contributed by atoms with E-state index < -0.39 is 6.10 Å². The third-order valence-electron chi connectivity index (χ3n) is 3.20. The molecule has 4 N–H and O–H groups in total. The van der Waals surface area contributed by atoms with Crippen LogP contribution in [0, 0.1) is 0 Å². The summed E-state index contributed by atoms with van der Waals surface area (Å²) in [6, 6.07) is 7.72. The molecule has 0 bridgehead atoms. The minimum atomic E-state index is -0.398. The molecule has 0 spiro atoms. The van der Waals surface area contributed by atoms with Gasteiger partial charge in [0.25, 0.3) is 0 Å². The van der Waals surface area contributed by atoms with Gasteiger partial charge >= 0.3 is 0 Å². The van der Waals surface area contributed by atoms with Gasteiger partial charge in [-0.05, 0) is 28.1 Å². The number of rotatable bonds is 5. The molecule has 18 heavy (non-hydrogen) atoms. The summed E-state index contributed by atoms with van der Waals surface area (Å²) in [4.78, 5) is 1.47. The zero-order chi connectivity index (χ0) is 12.8. The van der Waals surface area contributed by atoms with E-state index in [-0.39, 0.29) is 0 Å². The van der Waals surface area contributed by atoms with Crippen molar-refractivity contribution in [2.75, 3.05) is 39.3 Å². The lowest BCUT2D eigenvalue weighted by Crippen LogP contribution is -3.21. The molecule has 1 saturated heterocycles. The van der Waals surface area contributed by atoms with Crippen molar-refractivity contribution in [2.24, 2.45) is 0 Å². The molecule has 1 heterocycles. The Kier molecular flexibility index (Phi) is 5.44. The molecular weight excluding hydrogens is 296 g/mol. The number of para-hydroxylation sites is 1. The van der Waals surface area contributed by atoms with Gasteiger partial charge in [-0.25, -0.2) is 0 Å². The fraction of sp³-hybridized carbons (Fsp3) is 0.538. The van der Waals surface area contributed by atoms with Crippen molar-refractivity contribution in [1.82, 2.24) is 0 Å². The van der Waals surface area contributed by atoms with E-state index in [0.29, 0.717) is 6.61 Å². The maximum atomic E-state index is 9.98. The first-order chi connectivity index (χ1) is 8.75. The minimum Gasteiger partial charge on any atom is -0.489 e. The molecule has 0 radical (unpaired) electrons. The van der Waals surface area contributed by atoms with Gasteiger partial charge in [-0.3, -0.25) is 0 Å². The van der Waals surface area contributed by atoms with Gasteiger partial charge in [0.15, 0.2) is 0 Å². The van der Waals surface area contributed by atoms with E-state index in [2.05, 4.69) is 21.2 Å². The summed E-state index contributed by atoms with van der Waals surface area (Å²) in [5.41, 5.74) is 0. The largest absolute Gasteiger partial charge is 0.489 e. The topological polar surface area (TPSA) is 50.5 Å². The third-order valence-corrected chi connectivity index (χ3v) is 3.85. The Morgan fingerprint density at radius 2 is 2.06 bits per heavy atom. The highest BCUT2D eigenvalue weighted by molar-refractivity contribution is 9.10. The third kappa shape index (κ3) is 4.24. The average Bonchev–Trinajstić information content (AvgIpc) is 2.39. The molecule has 0 aromatic heterocycles. The smallest absolute Gasteiger partial charge is 0.137 e. The van der Waals surface area contributed by atoms with Crippen molar-refractivity contribution in [3.63, 3.8) is 0 Å². The van der Waals surface area contributed by atoms with Crippen molar-refractivity contribution in [3.8, 4) is 5.75 Å². The first kappa shape index (κ1) is 13.8. The maximum absolute atomic E-state index is 9.98. The number of nitrogens with two attached hydrogens (primary N) is 1. The molecule has 1 fully saturated rings. The molecule has 2 rings (SSSR count). The lowest BCUT2D eigenvalue weighted by molar-refractivity contribution is -0.949. The van der Waals surface area contributed by atoms with Gasteiger partial charge in [-0.2, -0.15) is 0 Å². The number of hydrogen-bond acceptors (Lipinski definition) is 2. The predicted octanol–water partition coefficient (Wildman–Crippen LogP) is -1.35. The Labute approximate surface area is 116 Å². The molecule has 1 aromatic rings. The summed E-state index contributed by atoms with van der Waals surface area (Å²) in [5.74, 6) is 0.790. The van der Waals surface area contributed by atoms with Crippen LogP contribution in [0.5, 0.6) is 5.75 Å². The van der Waals surface area contributed by atoms with Crippen LogP contribution in [-0.2, 0) is 0 Å². The van der Waals surface area contributed by atoms with Gasteiger partial charge in [-0.15, -0.1) is 0 Å². The number of halogens is 1. The lowest BCUT2D eigenvalue weighted by Gasteiger charge is -2.24. The Morgan fingerprint density at radius 1 is 1.33 bits per heavy atom. The quantitative estimate of drug-likeness (QED) is 0.629. The molecule has 0 amide bonds. The molecule has 1 aliphatic heterocycles. The van der Waals surface area contributed by atoms with Gasteiger partial charge in [-0.1, -0.05) is 12.1 Å². The van der Waals surface area contributed by atoms with E-state index in [9.17, 15) is 5.11 Å². The number of piperazine rings is 1. The van der Waals surface area contributed by atoms with Gasteiger partial charge in [0.2, 0.25) is 0 Å².